The molecule has 1 fully saturated rings. The monoisotopic (exact) mass is 280 g/mol. The molecule has 0 bridgehead atoms. The first-order valence-electron chi connectivity index (χ1n) is 7.34. The van der Waals surface area contributed by atoms with Gasteiger partial charge >= 0.3 is 0 Å². The third-order valence-corrected chi connectivity index (χ3v) is 4.25. The lowest BCUT2D eigenvalue weighted by Gasteiger charge is -2.40. The summed E-state index contributed by atoms with van der Waals surface area (Å²) in [4.78, 5) is 4.70. The van der Waals surface area contributed by atoms with Crippen LogP contribution in [0.2, 0.25) is 0 Å². The van der Waals surface area contributed by atoms with E-state index in [4.69, 9.17) is 0 Å². The Morgan fingerprint density at radius 1 is 1.35 bits per heavy atom. The zero-order valence-electron chi connectivity index (χ0n) is 12.6. The third-order valence-electron chi connectivity index (χ3n) is 4.25. The molecule has 1 aromatic carbocycles. The molecule has 4 heteroatoms. The number of aliphatic hydroxyl groups excluding tert-OH is 1. The number of halogens is 1. The fourth-order valence-corrected chi connectivity index (χ4v) is 2.94. The molecule has 0 saturated carbocycles. The Morgan fingerprint density at radius 2 is 2.05 bits per heavy atom. The van der Waals surface area contributed by atoms with Crippen molar-refractivity contribution >= 4 is 0 Å². The normalized spacial score (nSPS) is 24.6. The molecule has 1 aliphatic heterocycles. The summed E-state index contributed by atoms with van der Waals surface area (Å²) in [6, 6.07) is 6.98. The quantitative estimate of drug-likeness (QED) is 0.915. The highest BCUT2D eigenvalue weighted by Gasteiger charge is 2.26. The molecule has 3 atom stereocenters. The molecule has 0 spiro atoms. The molecule has 0 aromatic heterocycles. The Kier molecular flexibility index (Phi) is 5.13. The Hall–Kier alpha value is -0.970. The van der Waals surface area contributed by atoms with Crippen LogP contribution in [0.25, 0.3) is 0 Å². The van der Waals surface area contributed by atoms with Crippen LogP contribution in [0.3, 0.4) is 0 Å². The van der Waals surface area contributed by atoms with Crippen molar-refractivity contribution in [3.05, 3.63) is 35.6 Å². The number of hydrogen-bond donors (Lipinski definition) is 1. The molecule has 112 valence electrons. The number of likely N-dealkylation sites (N-methyl/N-ethyl adjacent to an activating group) is 1. The van der Waals surface area contributed by atoms with Gasteiger partial charge in [-0.25, -0.2) is 4.39 Å². The van der Waals surface area contributed by atoms with Crippen LogP contribution >= 0.6 is 0 Å². The van der Waals surface area contributed by atoms with Crippen LogP contribution in [0.1, 0.15) is 25.5 Å². The first-order valence-corrected chi connectivity index (χ1v) is 7.34. The molecule has 1 saturated heterocycles. The van der Waals surface area contributed by atoms with Crippen LogP contribution in [0.15, 0.2) is 24.3 Å². The van der Waals surface area contributed by atoms with Crippen LogP contribution in [0, 0.1) is 11.7 Å². The van der Waals surface area contributed by atoms with Gasteiger partial charge in [0.1, 0.15) is 5.82 Å². The summed E-state index contributed by atoms with van der Waals surface area (Å²) in [5.74, 6) is -0.309. The lowest BCUT2D eigenvalue weighted by molar-refractivity contribution is 0.0436. The SMILES string of the molecule is CC(CN1CCN(C)CC1C)C(O)c1ccccc1F. The molecule has 0 amide bonds. The smallest absolute Gasteiger partial charge is 0.129 e. The molecule has 1 aliphatic rings. The van der Waals surface area contributed by atoms with Crippen molar-refractivity contribution in [2.24, 2.45) is 5.92 Å². The zero-order chi connectivity index (χ0) is 14.7. The lowest BCUT2D eigenvalue weighted by Crippen LogP contribution is -2.51. The molecule has 2 rings (SSSR count). The summed E-state index contributed by atoms with van der Waals surface area (Å²) < 4.78 is 13.7. The molecule has 1 heterocycles. The van der Waals surface area contributed by atoms with Crippen LogP contribution in [0.5, 0.6) is 0 Å². The first-order chi connectivity index (χ1) is 9.49. The Labute approximate surface area is 121 Å². The van der Waals surface area contributed by atoms with Crippen molar-refractivity contribution < 1.29 is 9.50 Å². The van der Waals surface area contributed by atoms with E-state index in [-0.39, 0.29) is 11.7 Å². The number of rotatable bonds is 4. The topological polar surface area (TPSA) is 26.7 Å². The molecule has 1 N–H and O–H groups in total. The maximum absolute atomic E-state index is 13.7. The minimum absolute atomic E-state index is 0.0118. The van der Waals surface area contributed by atoms with Crippen LogP contribution in [0.4, 0.5) is 4.39 Å². The number of piperazine rings is 1. The molecule has 3 nitrogen and oxygen atoms in total. The van der Waals surface area contributed by atoms with Crippen molar-refractivity contribution in [3.8, 4) is 0 Å². The van der Waals surface area contributed by atoms with Crippen molar-refractivity contribution in [1.29, 1.82) is 0 Å². The number of benzene rings is 1. The van der Waals surface area contributed by atoms with E-state index in [9.17, 15) is 9.50 Å². The average molecular weight is 280 g/mol. The van der Waals surface area contributed by atoms with Gasteiger partial charge in [0.2, 0.25) is 0 Å². The highest BCUT2D eigenvalue weighted by molar-refractivity contribution is 5.20. The fraction of sp³-hybridized carbons (Fsp3) is 0.625. The van der Waals surface area contributed by atoms with Crippen molar-refractivity contribution in [1.82, 2.24) is 9.80 Å². The van der Waals surface area contributed by atoms with E-state index in [2.05, 4.69) is 23.8 Å². The van der Waals surface area contributed by atoms with Gasteiger partial charge in [-0.1, -0.05) is 25.1 Å². The van der Waals surface area contributed by atoms with Gasteiger partial charge in [-0.3, -0.25) is 4.90 Å². The summed E-state index contributed by atoms with van der Waals surface area (Å²) in [5.41, 5.74) is 0.404. The van der Waals surface area contributed by atoms with E-state index in [1.54, 1.807) is 18.2 Å². The maximum atomic E-state index is 13.7. The van der Waals surface area contributed by atoms with E-state index in [1.165, 1.54) is 6.07 Å². The second-order valence-corrected chi connectivity index (χ2v) is 6.05. The van der Waals surface area contributed by atoms with Gasteiger partial charge < -0.3 is 10.0 Å². The third kappa shape index (κ3) is 3.57. The van der Waals surface area contributed by atoms with E-state index < -0.39 is 6.10 Å². The van der Waals surface area contributed by atoms with Crippen molar-refractivity contribution in [2.45, 2.75) is 26.0 Å². The van der Waals surface area contributed by atoms with Gasteiger partial charge in [-0.15, -0.1) is 0 Å². The molecule has 0 radical (unpaired) electrons. The van der Waals surface area contributed by atoms with Gasteiger partial charge in [-0.2, -0.15) is 0 Å². The maximum Gasteiger partial charge on any atom is 0.129 e. The summed E-state index contributed by atoms with van der Waals surface area (Å²) in [6.45, 7) is 8.09. The molecule has 20 heavy (non-hydrogen) atoms. The standard InChI is InChI=1S/C16H25FN2O/c1-12(10-19-9-8-18(3)11-13(19)2)16(20)14-6-4-5-7-15(14)17/h4-7,12-13,16,20H,8-11H2,1-3H3. The second kappa shape index (κ2) is 6.66. The molecule has 1 aromatic rings. The van der Waals surface area contributed by atoms with E-state index in [0.717, 1.165) is 26.2 Å². The Morgan fingerprint density at radius 3 is 2.70 bits per heavy atom. The van der Waals surface area contributed by atoms with Crippen molar-refractivity contribution in [3.63, 3.8) is 0 Å². The number of aliphatic hydroxyl groups is 1. The van der Waals surface area contributed by atoms with E-state index in [0.29, 0.717) is 11.6 Å². The van der Waals surface area contributed by atoms with Gasteiger partial charge in [0.15, 0.2) is 0 Å². The van der Waals surface area contributed by atoms with E-state index in [1.807, 2.05) is 6.92 Å². The Balaban J connectivity index is 1.98. The predicted octanol–water partition coefficient (Wildman–Crippen LogP) is 2.13. The van der Waals surface area contributed by atoms with E-state index >= 15 is 0 Å². The van der Waals surface area contributed by atoms with Crippen LogP contribution < -0.4 is 0 Å². The molecular weight excluding hydrogens is 255 g/mol. The summed E-state index contributed by atoms with van der Waals surface area (Å²) in [7, 11) is 2.13. The number of hydrogen-bond acceptors (Lipinski definition) is 3. The molecule has 3 unspecified atom stereocenters. The molecule has 0 aliphatic carbocycles. The largest absolute Gasteiger partial charge is 0.388 e. The first kappa shape index (κ1) is 15.4. The highest BCUT2D eigenvalue weighted by atomic mass is 19.1. The average Bonchev–Trinajstić information content (AvgIpc) is 2.41. The summed E-state index contributed by atoms with van der Waals surface area (Å²) >= 11 is 0. The minimum Gasteiger partial charge on any atom is -0.388 e. The summed E-state index contributed by atoms with van der Waals surface area (Å²) in [5, 5.41) is 10.4. The Bertz CT molecular complexity index is 440. The zero-order valence-corrected chi connectivity index (χ0v) is 12.6. The van der Waals surface area contributed by atoms with Gasteiger partial charge in [0.05, 0.1) is 6.10 Å². The summed E-state index contributed by atoms with van der Waals surface area (Å²) in [6.07, 6.45) is -0.747. The highest BCUT2D eigenvalue weighted by Crippen LogP contribution is 2.25. The molecular formula is C16H25FN2O. The number of nitrogens with zero attached hydrogens (tertiary/aromatic N) is 2. The lowest BCUT2D eigenvalue weighted by atomic mass is 9.95. The van der Waals surface area contributed by atoms with Gasteiger partial charge in [0.25, 0.3) is 0 Å². The van der Waals surface area contributed by atoms with Gasteiger partial charge in [-0.05, 0) is 26.0 Å². The van der Waals surface area contributed by atoms with Crippen LogP contribution in [-0.2, 0) is 0 Å². The fourth-order valence-electron chi connectivity index (χ4n) is 2.94. The minimum atomic E-state index is -0.747. The predicted molar refractivity (Wildman–Crippen MR) is 79.1 cm³/mol. The van der Waals surface area contributed by atoms with Crippen molar-refractivity contribution in [2.75, 3.05) is 33.2 Å². The van der Waals surface area contributed by atoms with Crippen LogP contribution in [-0.4, -0.2) is 54.2 Å². The second-order valence-electron chi connectivity index (χ2n) is 6.05. The van der Waals surface area contributed by atoms with Gasteiger partial charge in [0, 0.05) is 37.8 Å².